The van der Waals surface area contributed by atoms with Gasteiger partial charge in [0.1, 0.15) is 0 Å². The van der Waals surface area contributed by atoms with Crippen LogP contribution in [0.2, 0.25) is 0 Å². The highest BCUT2D eigenvalue weighted by Crippen LogP contribution is 2.32. The van der Waals surface area contributed by atoms with E-state index in [0.29, 0.717) is 6.54 Å². The van der Waals surface area contributed by atoms with E-state index < -0.39 is 0 Å². The van der Waals surface area contributed by atoms with Gasteiger partial charge in [-0.25, -0.2) is 4.39 Å². The molecular weight excluding hydrogens is 313 g/mol. The molecule has 0 aliphatic heterocycles. The number of halogens is 2. The number of aryl methyl sites for hydroxylation is 1. The Bertz CT molecular complexity index is 598. The van der Waals surface area contributed by atoms with E-state index in [1.165, 1.54) is 13.2 Å². The van der Waals surface area contributed by atoms with E-state index in [-0.39, 0.29) is 11.6 Å². The van der Waals surface area contributed by atoms with Crippen molar-refractivity contribution in [3.05, 3.63) is 34.2 Å². The lowest BCUT2D eigenvalue weighted by molar-refractivity contribution is 0.386. The van der Waals surface area contributed by atoms with Crippen molar-refractivity contribution >= 4 is 15.9 Å². The topological polar surface area (TPSA) is 39.1 Å². The molecule has 6 heteroatoms. The standard InChI is InChI=1S/C13H15BrFN3O/c1-16-7-10-12(14)13(18(2)17-10)8-4-5-11(19-3)9(15)6-8/h4-6,16H,7H2,1-3H3. The minimum absolute atomic E-state index is 0.234. The number of rotatable bonds is 4. The van der Waals surface area contributed by atoms with Crippen LogP contribution in [-0.4, -0.2) is 23.9 Å². The van der Waals surface area contributed by atoms with Gasteiger partial charge in [0, 0.05) is 19.2 Å². The van der Waals surface area contributed by atoms with Gasteiger partial charge < -0.3 is 10.1 Å². The average Bonchev–Trinajstić information content (AvgIpc) is 2.65. The molecule has 0 amide bonds. The molecule has 0 unspecified atom stereocenters. The molecule has 0 aliphatic rings. The summed E-state index contributed by atoms with van der Waals surface area (Å²) in [6.45, 7) is 0.646. The highest BCUT2D eigenvalue weighted by molar-refractivity contribution is 9.10. The van der Waals surface area contributed by atoms with Crippen molar-refractivity contribution in [3.63, 3.8) is 0 Å². The van der Waals surface area contributed by atoms with Crippen LogP contribution in [0.25, 0.3) is 11.3 Å². The van der Waals surface area contributed by atoms with Crippen LogP contribution in [-0.2, 0) is 13.6 Å². The summed E-state index contributed by atoms with van der Waals surface area (Å²) >= 11 is 3.52. The van der Waals surface area contributed by atoms with E-state index in [4.69, 9.17) is 4.74 Å². The lowest BCUT2D eigenvalue weighted by Gasteiger charge is -2.06. The van der Waals surface area contributed by atoms with Crippen molar-refractivity contribution in [2.75, 3.05) is 14.2 Å². The Hall–Kier alpha value is -1.40. The van der Waals surface area contributed by atoms with E-state index >= 15 is 0 Å². The van der Waals surface area contributed by atoms with E-state index in [0.717, 1.165) is 21.4 Å². The Morgan fingerprint density at radius 1 is 1.47 bits per heavy atom. The minimum atomic E-state index is -0.386. The molecule has 0 bridgehead atoms. The second-order valence-corrected chi connectivity index (χ2v) is 4.91. The van der Waals surface area contributed by atoms with E-state index in [2.05, 4.69) is 26.3 Å². The molecule has 1 heterocycles. The molecule has 19 heavy (non-hydrogen) atoms. The summed E-state index contributed by atoms with van der Waals surface area (Å²) in [5.74, 6) is -0.152. The van der Waals surface area contributed by atoms with Crippen LogP contribution in [0.1, 0.15) is 5.69 Å². The zero-order valence-corrected chi connectivity index (χ0v) is 12.6. The smallest absolute Gasteiger partial charge is 0.165 e. The molecule has 2 aromatic rings. The third kappa shape index (κ3) is 2.64. The third-order valence-corrected chi connectivity index (χ3v) is 3.66. The first kappa shape index (κ1) is 14.0. The molecule has 102 valence electrons. The second-order valence-electron chi connectivity index (χ2n) is 4.11. The van der Waals surface area contributed by atoms with Crippen molar-refractivity contribution in [2.24, 2.45) is 7.05 Å². The molecule has 0 spiro atoms. The highest BCUT2D eigenvalue weighted by atomic mass is 79.9. The number of aromatic nitrogens is 2. The second kappa shape index (κ2) is 5.71. The van der Waals surface area contributed by atoms with Crippen molar-refractivity contribution in [1.82, 2.24) is 15.1 Å². The van der Waals surface area contributed by atoms with Gasteiger partial charge in [-0.15, -0.1) is 0 Å². The molecule has 4 nitrogen and oxygen atoms in total. The molecule has 0 saturated carbocycles. The number of hydrogen-bond donors (Lipinski definition) is 1. The lowest BCUT2D eigenvalue weighted by atomic mass is 10.1. The van der Waals surface area contributed by atoms with Crippen LogP contribution in [0.4, 0.5) is 4.39 Å². The van der Waals surface area contributed by atoms with Crippen molar-refractivity contribution < 1.29 is 9.13 Å². The maximum absolute atomic E-state index is 13.8. The summed E-state index contributed by atoms with van der Waals surface area (Å²) in [5.41, 5.74) is 2.48. The van der Waals surface area contributed by atoms with Crippen LogP contribution in [0.3, 0.4) is 0 Å². The van der Waals surface area contributed by atoms with Gasteiger partial charge in [-0.1, -0.05) is 0 Å². The monoisotopic (exact) mass is 327 g/mol. The predicted octanol–water partition coefficient (Wildman–Crippen LogP) is 2.72. The molecule has 1 aromatic carbocycles. The van der Waals surface area contributed by atoms with E-state index in [1.807, 2.05) is 20.2 Å². The summed E-state index contributed by atoms with van der Waals surface area (Å²) < 4.78 is 21.3. The molecule has 1 N–H and O–H groups in total. The normalized spacial score (nSPS) is 10.8. The molecular formula is C13H15BrFN3O. The van der Waals surface area contributed by atoms with Gasteiger partial charge in [-0.05, 0) is 41.2 Å². The number of methoxy groups -OCH3 is 1. The third-order valence-electron chi connectivity index (χ3n) is 2.83. The number of nitrogens with zero attached hydrogens (tertiary/aromatic N) is 2. The summed E-state index contributed by atoms with van der Waals surface area (Å²) in [6.07, 6.45) is 0. The summed E-state index contributed by atoms with van der Waals surface area (Å²) in [6, 6.07) is 4.87. The summed E-state index contributed by atoms with van der Waals surface area (Å²) in [4.78, 5) is 0. The average molecular weight is 328 g/mol. The lowest BCUT2D eigenvalue weighted by Crippen LogP contribution is -2.06. The number of hydrogen-bond acceptors (Lipinski definition) is 3. The Balaban J connectivity index is 2.49. The number of benzene rings is 1. The van der Waals surface area contributed by atoms with Gasteiger partial charge >= 0.3 is 0 Å². The Morgan fingerprint density at radius 3 is 2.79 bits per heavy atom. The van der Waals surface area contributed by atoms with Crippen LogP contribution in [0, 0.1) is 5.82 Å². The molecule has 0 saturated heterocycles. The maximum Gasteiger partial charge on any atom is 0.165 e. The molecule has 1 aromatic heterocycles. The van der Waals surface area contributed by atoms with Gasteiger partial charge in [0.15, 0.2) is 11.6 Å². The van der Waals surface area contributed by atoms with Gasteiger partial charge in [0.05, 0.1) is 23.0 Å². The molecule has 0 radical (unpaired) electrons. The Labute approximate surface area is 119 Å². The molecule has 0 aliphatic carbocycles. The highest BCUT2D eigenvalue weighted by Gasteiger charge is 2.16. The van der Waals surface area contributed by atoms with Crippen LogP contribution in [0.5, 0.6) is 5.75 Å². The summed E-state index contributed by atoms with van der Waals surface area (Å²) in [5, 5.41) is 7.45. The SMILES string of the molecule is CNCc1nn(C)c(-c2ccc(OC)c(F)c2)c1Br. The first-order valence-corrected chi connectivity index (χ1v) is 6.57. The largest absolute Gasteiger partial charge is 0.494 e. The quantitative estimate of drug-likeness (QED) is 0.938. The fraction of sp³-hybridized carbons (Fsp3) is 0.308. The summed E-state index contributed by atoms with van der Waals surface area (Å²) in [7, 11) is 5.14. The van der Waals surface area contributed by atoms with E-state index in [1.54, 1.807) is 10.7 Å². The number of nitrogens with one attached hydrogen (secondary N) is 1. The minimum Gasteiger partial charge on any atom is -0.494 e. The van der Waals surface area contributed by atoms with Gasteiger partial charge in [-0.2, -0.15) is 5.10 Å². The van der Waals surface area contributed by atoms with Gasteiger partial charge in [0.2, 0.25) is 0 Å². The zero-order chi connectivity index (χ0) is 14.0. The fourth-order valence-electron chi connectivity index (χ4n) is 1.96. The van der Waals surface area contributed by atoms with Crippen LogP contribution in [0.15, 0.2) is 22.7 Å². The van der Waals surface area contributed by atoms with Crippen molar-refractivity contribution in [3.8, 4) is 17.0 Å². The first-order valence-electron chi connectivity index (χ1n) is 5.78. The maximum atomic E-state index is 13.8. The first-order chi connectivity index (χ1) is 9.08. The Morgan fingerprint density at radius 2 is 2.21 bits per heavy atom. The van der Waals surface area contributed by atoms with Gasteiger partial charge in [0.25, 0.3) is 0 Å². The van der Waals surface area contributed by atoms with Crippen molar-refractivity contribution in [2.45, 2.75) is 6.54 Å². The van der Waals surface area contributed by atoms with Crippen LogP contribution < -0.4 is 10.1 Å². The molecule has 0 fully saturated rings. The van der Waals surface area contributed by atoms with Crippen molar-refractivity contribution in [1.29, 1.82) is 0 Å². The fourth-order valence-corrected chi connectivity index (χ4v) is 2.67. The number of ether oxygens (including phenoxy) is 1. The zero-order valence-electron chi connectivity index (χ0n) is 11.0. The van der Waals surface area contributed by atoms with E-state index in [9.17, 15) is 4.39 Å². The van der Waals surface area contributed by atoms with Gasteiger partial charge in [-0.3, -0.25) is 4.68 Å². The molecule has 2 rings (SSSR count). The molecule has 0 atom stereocenters. The van der Waals surface area contributed by atoms with Crippen LogP contribution >= 0.6 is 15.9 Å². The Kier molecular flexibility index (Phi) is 4.21. The predicted molar refractivity (Wildman–Crippen MR) is 75.6 cm³/mol.